The van der Waals surface area contributed by atoms with Crippen molar-refractivity contribution in [1.29, 1.82) is 0 Å². The van der Waals surface area contributed by atoms with E-state index in [1.807, 2.05) is 55.5 Å². The minimum absolute atomic E-state index is 0.0911. The molecule has 3 rings (SSSR count). The first-order valence-corrected chi connectivity index (χ1v) is 8.41. The van der Waals surface area contributed by atoms with Crippen LogP contribution < -0.4 is 0 Å². The molecular weight excluding hydrogens is 322 g/mol. The van der Waals surface area contributed by atoms with Crippen LogP contribution >= 0.6 is 11.8 Å². The maximum atomic E-state index is 12.2. The van der Waals surface area contributed by atoms with E-state index in [1.54, 1.807) is 6.92 Å². The van der Waals surface area contributed by atoms with Crippen molar-refractivity contribution in [2.75, 3.05) is 0 Å². The van der Waals surface area contributed by atoms with Crippen molar-refractivity contribution in [2.24, 2.45) is 10.2 Å². The predicted molar refractivity (Wildman–Crippen MR) is 96.0 cm³/mol. The van der Waals surface area contributed by atoms with E-state index < -0.39 is 0 Å². The number of carbonyl (C=O) groups excluding carboxylic acids is 1. The topological polar surface area (TPSA) is 77.8 Å². The van der Waals surface area contributed by atoms with Crippen LogP contribution in [0.2, 0.25) is 0 Å². The molecule has 0 spiro atoms. The minimum Gasteiger partial charge on any atom is -0.493 e. The number of nitrogens with zero attached hydrogens (tertiary/aromatic N) is 2. The van der Waals surface area contributed by atoms with Crippen molar-refractivity contribution in [3.8, 4) is 5.88 Å². The van der Waals surface area contributed by atoms with Crippen LogP contribution in [-0.2, 0) is 4.79 Å². The molecule has 1 atom stereocenters. The van der Waals surface area contributed by atoms with Crippen LogP contribution in [0.4, 0.5) is 5.69 Å². The molecule has 0 aliphatic heterocycles. The van der Waals surface area contributed by atoms with Crippen molar-refractivity contribution in [1.82, 2.24) is 4.98 Å². The standard InChI is InChI=1S/C18H17N3O2S/c1-11-7-9-13(10-8-11)24-12(2)17(22)21-20-16-14-5-3-4-6-15(14)19-18(16)23/h3-10,12,19,23H,1-2H3/t12-/m1/s1. The van der Waals surface area contributed by atoms with E-state index in [0.29, 0.717) is 0 Å². The highest BCUT2D eigenvalue weighted by Crippen LogP contribution is 2.35. The van der Waals surface area contributed by atoms with E-state index in [-0.39, 0.29) is 22.7 Å². The highest BCUT2D eigenvalue weighted by molar-refractivity contribution is 8.00. The summed E-state index contributed by atoms with van der Waals surface area (Å²) in [4.78, 5) is 16.0. The summed E-state index contributed by atoms with van der Waals surface area (Å²) in [6.45, 7) is 3.81. The van der Waals surface area contributed by atoms with Crippen LogP contribution in [0.25, 0.3) is 10.9 Å². The molecule has 1 amide bonds. The first-order chi connectivity index (χ1) is 11.5. The summed E-state index contributed by atoms with van der Waals surface area (Å²) in [6, 6.07) is 15.3. The molecule has 3 aromatic rings. The number of nitrogens with one attached hydrogen (secondary N) is 1. The summed E-state index contributed by atoms with van der Waals surface area (Å²) < 4.78 is 0. The molecule has 0 bridgehead atoms. The van der Waals surface area contributed by atoms with Crippen LogP contribution in [0, 0.1) is 6.92 Å². The fourth-order valence-electron chi connectivity index (χ4n) is 2.27. The summed E-state index contributed by atoms with van der Waals surface area (Å²) in [5.74, 6) is -0.433. The van der Waals surface area contributed by atoms with Crippen molar-refractivity contribution < 1.29 is 9.90 Å². The van der Waals surface area contributed by atoms with Gasteiger partial charge in [-0.3, -0.25) is 4.79 Å². The molecule has 1 heterocycles. The Morgan fingerprint density at radius 2 is 1.88 bits per heavy atom. The highest BCUT2D eigenvalue weighted by atomic mass is 32.2. The zero-order chi connectivity index (χ0) is 17.1. The Labute approximate surface area is 143 Å². The van der Waals surface area contributed by atoms with Gasteiger partial charge in [0.15, 0.2) is 5.69 Å². The molecule has 122 valence electrons. The second kappa shape index (κ2) is 6.88. The Bertz CT molecular complexity index is 900. The minimum atomic E-state index is -0.358. The van der Waals surface area contributed by atoms with Crippen LogP contribution in [0.15, 0.2) is 63.7 Å². The lowest BCUT2D eigenvalue weighted by Gasteiger charge is -2.06. The van der Waals surface area contributed by atoms with Gasteiger partial charge in [0, 0.05) is 10.3 Å². The van der Waals surface area contributed by atoms with E-state index in [0.717, 1.165) is 15.8 Å². The maximum Gasteiger partial charge on any atom is 0.277 e. The quantitative estimate of drug-likeness (QED) is 0.520. The molecule has 24 heavy (non-hydrogen) atoms. The Morgan fingerprint density at radius 3 is 2.62 bits per heavy atom. The highest BCUT2D eigenvalue weighted by Gasteiger charge is 2.15. The number of fused-ring (bicyclic) bond motifs is 1. The summed E-state index contributed by atoms with van der Waals surface area (Å²) in [6.07, 6.45) is 0. The van der Waals surface area contributed by atoms with E-state index in [9.17, 15) is 9.90 Å². The van der Waals surface area contributed by atoms with E-state index in [1.165, 1.54) is 17.3 Å². The number of rotatable bonds is 4. The van der Waals surface area contributed by atoms with E-state index in [2.05, 4.69) is 15.2 Å². The monoisotopic (exact) mass is 339 g/mol. The van der Waals surface area contributed by atoms with Gasteiger partial charge in [-0.15, -0.1) is 22.0 Å². The Balaban J connectivity index is 1.74. The molecule has 0 saturated heterocycles. The molecule has 5 nitrogen and oxygen atoms in total. The second-order valence-corrected chi connectivity index (χ2v) is 6.89. The van der Waals surface area contributed by atoms with Gasteiger partial charge in [-0.1, -0.05) is 35.9 Å². The summed E-state index contributed by atoms with van der Waals surface area (Å²) >= 11 is 1.43. The summed E-state index contributed by atoms with van der Waals surface area (Å²) in [7, 11) is 0. The van der Waals surface area contributed by atoms with Gasteiger partial charge in [-0.25, -0.2) is 0 Å². The molecule has 0 unspecified atom stereocenters. The number of H-pyrrole nitrogens is 1. The third-order valence-corrected chi connectivity index (χ3v) is 4.69. The molecule has 0 fully saturated rings. The Hall–Kier alpha value is -2.60. The first kappa shape index (κ1) is 16.3. The number of amides is 1. The van der Waals surface area contributed by atoms with Gasteiger partial charge in [-0.05, 0) is 32.0 Å². The number of para-hydroxylation sites is 1. The van der Waals surface area contributed by atoms with Crippen molar-refractivity contribution >= 4 is 34.3 Å². The molecular formula is C18H17N3O2S. The molecule has 0 aliphatic rings. The number of carbonyl (C=O) groups is 1. The van der Waals surface area contributed by atoms with Gasteiger partial charge in [-0.2, -0.15) is 0 Å². The number of benzene rings is 2. The van der Waals surface area contributed by atoms with Gasteiger partial charge in [0.1, 0.15) is 0 Å². The number of aromatic hydroxyl groups is 1. The lowest BCUT2D eigenvalue weighted by molar-refractivity contribution is -0.117. The molecule has 1 aromatic heterocycles. The van der Waals surface area contributed by atoms with Crippen LogP contribution in [0.3, 0.4) is 0 Å². The molecule has 2 N–H and O–H groups in total. The average Bonchev–Trinajstić information content (AvgIpc) is 2.90. The number of aryl methyl sites for hydroxylation is 1. The van der Waals surface area contributed by atoms with Crippen molar-refractivity contribution in [3.63, 3.8) is 0 Å². The summed E-state index contributed by atoms with van der Waals surface area (Å²) in [5, 5.41) is 18.0. The zero-order valence-corrected chi connectivity index (χ0v) is 14.2. The van der Waals surface area contributed by atoms with Gasteiger partial charge in [0.05, 0.1) is 10.8 Å². The normalized spacial score (nSPS) is 12.8. The van der Waals surface area contributed by atoms with Gasteiger partial charge in [0.25, 0.3) is 5.91 Å². The first-order valence-electron chi connectivity index (χ1n) is 7.53. The van der Waals surface area contributed by atoms with Crippen molar-refractivity contribution in [2.45, 2.75) is 24.0 Å². The molecule has 0 saturated carbocycles. The lowest BCUT2D eigenvalue weighted by atomic mass is 10.2. The third kappa shape index (κ3) is 3.49. The number of hydrogen-bond acceptors (Lipinski definition) is 4. The average molecular weight is 339 g/mol. The van der Waals surface area contributed by atoms with Gasteiger partial charge in [0.2, 0.25) is 5.88 Å². The lowest BCUT2D eigenvalue weighted by Crippen LogP contribution is -2.09. The smallest absolute Gasteiger partial charge is 0.277 e. The Morgan fingerprint density at radius 1 is 1.17 bits per heavy atom. The fraction of sp³-hybridized carbons (Fsp3) is 0.167. The van der Waals surface area contributed by atoms with Crippen LogP contribution in [-0.4, -0.2) is 21.2 Å². The fourth-order valence-corrected chi connectivity index (χ4v) is 3.12. The molecule has 0 radical (unpaired) electrons. The second-order valence-electron chi connectivity index (χ2n) is 5.48. The number of azo groups is 1. The largest absolute Gasteiger partial charge is 0.493 e. The maximum absolute atomic E-state index is 12.2. The third-order valence-electron chi connectivity index (χ3n) is 3.59. The SMILES string of the molecule is Cc1ccc(S[C@H](C)C(=O)N=Nc2c(O)[nH]c3ccccc23)cc1. The summed E-state index contributed by atoms with van der Waals surface area (Å²) in [5.41, 5.74) is 2.21. The van der Waals surface area contributed by atoms with E-state index >= 15 is 0 Å². The zero-order valence-electron chi connectivity index (χ0n) is 13.4. The van der Waals surface area contributed by atoms with Crippen LogP contribution in [0.5, 0.6) is 5.88 Å². The van der Waals surface area contributed by atoms with Crippen LogP contribution in [0.1, 0.15) is 12.5 Å². The Kier molecular flexibility index (Phi) is 4.66. The number of aromatic amines is 1. The van der Waals surface area contributed by atoms with Gasteiger partial charge < -0.3 is 10.1 Å². The predicted octanol–water partition coefficient (Wildman–Crippen LogP) is 4.97. The van der Waals surface area contributed by atoms with Crippen molar-refractivity contribution in [3.05, 3.63) is 54.1 Å². The number of aromatic nitrogens is 1. The molecule has 0 aliphatic carbocycles. The number of hydrogen-bond donors (Lipinski definition) is 2. The molecule has 2 aromatic carbocycles. The van der Waals surface area contributed by atoms with E-state index in [4.69, 9.17) is 0 Å². The van der Waals surface area contributed by atoms with Gasteiger partial charge >= 0.3 is 0 Å². The number of thioether (sulfide) groups is 1. The molecule has 6 heteroatoms.